The number of nitrogens with one attached hydrogen (secondary N) is 1. The number of aryl methyl sites for hydroxylation is 1. The van der Waals surface area contributed by atoms with Crippen LogP contribution in [0.2, 0.25) is 0 Å². The number of methoxy groups -OCH3 is 1. The molecule has 1 rings (SSSR count). The first-order valence-electron chi connectivity index (χ1n) is 5.51. The van der Waals surface area contributed by atoms with E-state index in [9.17, 15) is 4.79 Å². The summed E-state index contributed by atoms with van der Waals surface area (Å²) >= 11 is 0. The lowest BCUT2D eigenvalue weighted by Gasteiger charge is -2.05. The minimum absolute atomic E-state index is 0.291. The van der Waals surface area contributed by atoms with Gasteiger partial charge in [0.15, 0.2) is 0 Å². The number of hydrogen-bond donors (Lipinski definition) is 1. The van der Waals surface area contributed by atoms with Crippen LogP contribution >= 0.6 is 0 Å². The largest absolute Gasteiger partial charge is 0.466 e. The molecule has 0 aromatic carbocycles. The second kappa shape index (κ2) is 6.81. The molecule has 0 bridgehead atoms. The first-order valence-corrected chi connectivity index (χ1v) is 5.51. The summed E-state index contributed by atoms with van der Waals surface area (Å²) < 4.78 is 4.60. The van der Waals surface area contributed by atoms with Gasteiger partial charge in [-0.2, -0.15) is 0 Å². The van der Waals surface area contributed by atoms with Crippen molar-refractivity contribution in [2.75, 3.05) is 13.7 Å². The molecular weight excluding hydrogens is 216 g/mol. The number of ether oxygens (including phenoxy) is 1. The van der Waals surface area contributed by atoms with Crippen LogP contribution in [0.1, 0.15) is 18.2 Å². The fraction of sp³-hybridized carbons (Fsp3) is 0.385. The molecule has 0 unspecified atom stereocenters. The molecule has 1 N–H and O–H groups in total. The summed E-state index contributed by atoms with van der Waals surface area (Å²) in [5.74, 6) is -0.291. The van der Waals surface area contributed by atoms with Crippen LogP contribution in [-0.2, 0) is 16.1 Å². The Morgan fingerprint density at radius 3 is 3.00 bits per heavy atom. The Labute approximate surface area is 102 Å². The molecule has 0 fully saturated rings. The van der Waals surface area contributed by atoms with Crippen molar-refractivity contribution in [2.24, 2.45) is 0 Å². The average Bonchev–Trinajstić information content (AvgIpc) is 2.35. The van der Waals surface area contributed by atoms with Crippen LogP contribution in [0.3, 0.4) is 0 Å². The minimum Gasteiger partial charge on any atom is -0.466 e. The van der Waals surface area contributed by atoms with Crippen LogP contribution in [0.15, 0.2) is 30.0 Å². The van der Waals surface area contributed by atoms with E-state index < -0.39 is 0 Å². The molecule has 1 aromatic heterocycles. The van der Waals surface area contributed by atoms with Crippen molar-refractivity contribution < 1.29 is 9.53 Å². The zero-order valence-corrected chi connectivity index (χ0v) is 10.5. The molecule has 0 saturated heterocycles. The fourth-order valence-electron chi connectivity index (χ4n) is 1.36. The normalized spacial score (nSPS) is 11.4. The Morgan fingerprint density at radius 1 is 1.59 bits per heavy atom. The maximum absolute atomic E-state index is 11.1. The average molecular weight is 234 g/mol. The Hall–Kier alpha value is -1.68. The molecule has 0 aliphatic carbocycles. The van der Waals surface area contributed by atoms with E-state index in [1.165, 1.54) is 7.11 Å². The highest BCUT2D eigenvalue weighted by atomic mass is 16.5. The Kier molecular flexibility index (Phi) is 5.36. The molecule has 4 nitrogen and oxygen atoms in total. The molecule has 1 heterocycles. The number of carbonyl (C=O) groups excluding carboxylic acids is 1. The topological polar surface area (TPSA) is 51.2 Å². The molecule has 0 aliphatic heterocycles. The zero-order valence-electron chi connectivity index (χ0n) is 10.5. The van der Waals surface area contributed by atoms with Crippen LogP contribution in [0.25, 0.3) is 0 Å². The van der Waals surface area contributed by atoms with Gasteiger partial charge in [0.2, 0.25) is 0 Å². The third kappa shape index (κ3) is 4.36. The summed E-state index contributed by atoms with van der Waals surface area (Å²) in [7, 11) is 1.38. The van der Waals surface area contributed by atoms with Crippen LogP contribution < -0.4 is 5.32 Å². The van der Waals surface area contributed by atoms with E-state index in [-0.39, 0.29) is 5.97 Å². The van der Waals surface area contributed by atoms with Crippen molar-refractivity contribution in [3.05, 3.63) is 41.2 Å². The third-order valence-electron chi connectivity index (χ3n) is 2.47. The van der Waals surface area contributed by atoms with E-state index in [0.717, 1.165) is 11.3 Å². The lowest BCUT2D eigenvalue weighted by atomic mass is 10.2. The van der Waals surface area contributed by atoms with E-state index >= 15 is 0 Å². The highest BCUT2D eigenvalue weighted by molar-refractivity contribution is 5.87. The van der Waals surface area contributed by atoms with Crippen molar-refractivity contribution >= 4 is 5.97 Å². The standard InChI is InChI=1S/C13H18N2O2/c1-10-5-4-7-15-12(10)9-14-8-6-11(2)13(16)17-3/h4-7,14H,8-9H2,1-3H3/b11-6+. The van der Waals surface area contributed by atoms with Crippen LogP contribution in [-0.4, -0.2) is 24.6 Å². The molecule has 1 aromatic rings. The van der Waals surface area contributed by atoms with Crippen molar-refractivity contribution in [1.29, 1.82) is 0 Å². The molecule has 0 radical (unpaired) electrons. The molecule has 0 aliphatic rings. The molecular formula is C13H18N2O2. The minimum atomic E-state index is -0.291. The van der Waals surface area contributed by atoms with Crippen LogP contribution in [0, 0.1) is 6.92 Å². The van der Waals surface area contributed by atoms with Gasteiger partial charge in [0.1, 0.15) is 0 Å². The van der Waals surface area contributed by atoms with Gasteiger partial charge >= 0.3 is 5.97 Å². The van der Waals surface area contributed by atoms with Crippen molar-refractivity contribution in [1.82, 2.24) is 10.3 Å². The lowest BCUT2D eigenvalue weighted by Crippen LogP contribution is -2.16. The third-order valence-corrected chi connectivity index (χ3v) is 2.47. The molecule has 92 valence electrons. The number of aromatic nitrogens is 1. The quantitative estimate of drug-likeness (QED) is 0.477. The van der Waals surface area contributed by atoms with Crippen molar-refractivity contribution in [2.45, 2.75) is 20.4 Å². The number of esters is 1. The second-order valence-electron chi connectivity index (χ2n) is 3.78. The smallest absolute Gasteiger partial charge is 0.333 e. The first-order chi connectivity index (χ1) is 8.15. The Bertz CT molecular complexity index is 414. The summed E-state index contributed by atoms with van der Waals surface area (Å²) in [6.45, 7) is 5.08. The number of pyridine rings is 1. The molecule has 0 spiro atoms. The summed E-state index contributed by atoms with van der Waals surface area (Å²) in [5.41, 5.74) is 2.79. The van der Waals surface area contributed by atoms with Gasteiger partial charge in [-0.3, -0.25) is 4.98 Å². The molecule has 17 heavy (non-hydrogen) atoms. The maximum Gasteiger partial charge on any atom is 0.333 e. The molecule has 0 amide bonds. The number of rotatable bonds is 5. The number of nitrogens with zero attached hydrogens (tertiary/aromatic N) is 1. The zero-order chi connectivity index (χ0) is 12.7. The summed E-state index contributed by atoms with van der Waals surface area (Å²) in [6, 6.07) is 3.94. The summed E-state index contributed by atoms with van der Waals surface area (Å²) in [5, 5.41) is 3.21. The predicted molar refractivity (Wildman–Crippen MR) is 66.5 cm³/mol. The van der Waals surface area contributed by atoms with Gasteiger partial charge in [0.25, 0.3) is 0 Å². The predicted octanol–water partition coefficient (Wildman–Crippen LogP) is 1.60. The Morgan fingerprint density at radius 2 is 2.35 bits per heavy atom. The van der Waals surface area contributed by atoms with E-state index in [4.69, 9.17) is 0 Å². The van der Waals surface area contributed by atoms with Crippen molar-refractivity contribution in [3.63, 3.8) is 0 Å². The lowest BCUT2D eigenvalue weighted by molar-refractivity contribution is -0.136. The van der Waals surface area contributed by atoms with E-state index in [1.54, 1.807) is 13.1 Å². The summed E-state index contributed by atoms with van der Waals surface area (Å²) in [6.07, 6.45) is 3.59. The monoisotopic (exact) mass is 234 g/mol. The Balaban J connectivity index is 2.39. The molecule has 0 saturated carbocycles. The van der Waals surface area contributed by atoms with Gasteiger partial charge in [-0.25, -0.2) is 4.79 Å². The fourth-order valence-corrected chi connectivity index (χ4v) is 1.36. The second-order valence-corrected chi connectivity index (χ2v) is 3.78. The number of carbonyl (C=O) groups is 1. The highest BCUT2D eigenvalue weighted by Crippen LogP contribution is 2.02. The van der Waals surface area contributed by atoms with E-state index in [0.29, 0.717) is 18.7 Å². The van der Waals surface area contributed by atoms with Gasteiger partial charge in [0.05, 0.1) is 12.8 Å². The van der Waals surface area contributed by atoms with Gasteiger partial charge in [-0.15, -0.1) is 0 Å². The van der Waals surface area contributed by atoms with Crippen LogP contribution in [0.5, 0.6) is 0 Å². The summed E-state index contributed by atoms with van der Waals surface area (Å²) in [4.78, 5) is 15.4. The van der Waals surface area contributed by atoms with Gasteiger partial charge < -0.3 is 10.1 Å². The molecule has 0 atom stereocenters. The SMILES string of the molecule is COC(=O)/C(C)=C/CNCc1ncccc1C. The van der Waals surface area contributed by atoms with E-state index in [1.807, 2.05) is 25.1 Å². The van der Waals surface area contributed by atoms with Crippen molar-refractivity contribution in [3.8, 4) is 0 Å². The number of hydrogen-bond acceptors (Lipinski definition) is 4. The maximum atomic E-state index is 11.1. The molecule has 4 heteroatoms. The van der Waals surface area contributed by atoms with E-state index in [2.05, 4.69) is 15.0 Å². The van der Waals surface area contributed by atoms with Crippen LogP contribution in [0.4, 0.5) is 0 Å². The van der Waals surface area contributed by atoms with Gasteiger partial charge in [0, 0.05) is 24.9 Å². The van der Waals surface area contributed by atoms with Gasteiger partial charge in [-0.1, -0.05) is 12.1 Å². The highest BCUT2D eigenvalue weighted by Gasteiger charge is 2.01. The van der Waals surface area contributed by atoms with Gasteiger partial charge in [-0.05, 0) is 25.5 Å². The first kappa shape index (κ1) is 13.4.